The summed E-state index contributed by atoms with van der Waals surface area (Å²) in [5.74, 6) is 0.942. The maximum absolute atomic E-state index is 5.60. The Morgan fingerprint density at radius 1 is 0.769 bits per heavy atom. The molecule has 1 heteroatoms. The Balaban J connectivity index is 1.74. The van der Waals surface area contributed by atoms with Gasteiger partial charge in [0.25, 0.3) is 0 Å². The van der Waals surface area contributed by atoms with Gasteiger partial charge in [-0.25, -0.2) is 0 Å². The SMILES string of the molecule is COc1ccccc1/C(=C/c1ccccc1)CCCCc1ccccc1. The summed E-state index contributed by atoms with van der Waals surface area (Å²) < 4.78 is 5.60. The zero-order valence-electron chi connectivity index (χ0n) is 15.4. The predicted octanol–water partition coefficient (Wildman–Crippen LogP) is 6.65. The monoisotopic (exact) mass is 342 g/mol. The van der Waals surface area contributed by atoms with E-state index in [2.05, 4.69) is 78.9 Å². The topological polar surface area (TPSA) is 9.23 Å². The number of ether oxygens (including phenoxy) is 1. The molecule has 0 saturated carbocycles. The number of hydrogen-bond donors (Lipinski definition) is 0. The first-order chi connectivity index (χ1) is 12.9. The van der Waals surface area contributed by atoms with Crippen LogP contribution in [0.1, 0.15) is 36.0 Å². The Hall–Kier alpha value is -2.80. The molecule has 0 amide bonds. The first-order valence-electron chi connectivity index (χ1n) is 9.30. The van der Waals surface area contributed by atoms with Gasteiger partial charge in [0.2, 0.25) is 0 Å². The summed E-state index contributed by atoms with van der Waals surface area (Å²) in [6, 6.07) is 29.6. The second-order valence-corrected chi connectivity index (χ2v) is 6.47. The molecule has 0 aliphatic rings. The summed E-state index contributed by atoms with van der Waals surface area (Å²) in [7, 11) is 1.74. The molecular formula is C25H26O. The van der Waals surface area contributed by atoms with Crippen LogP contribution in [0.25, 0.3) is 11.6 Å². The molecule has 0 atom stereocenters. The molecule has 3 rings (SSSR count). The van der Waals surface area contributed by atoms with Gasteiger partial charge < -0.3 is 4.74 Å². The van der Waals surface area contributed by atoms with Crippen LogP contribution in [0.4, 0.5) is 0 Å². The number of para-hydroxylation sites is 1. The first-order valence-corrected chi connectivity index (χ1v) is 9.30. The minimum Gasteiger partial charge on any atom is -0.496 e. The van der Waals surface area contributed by atoms with Crippen LogP contribution in [0.3, 0.4) is 0 Å². The second-order valence-electron chi connectivity index (χ2n) is 6.47. The highest BCUT2D eigenvalue weighted by Crippen LogP contribution is 2.31. The van der Waals surface area contributed by atoms with Gasteiger partial charge in [-0.1, -0.05) is 84.9 Å². The van der Waals surface area contributed by atoms with E-state index in [1.54, 1.807) is 7.11 Å². The quantitative estimate of drug-likeness (QED) is 0.329. The molecule has 0 aromatic heterocycles. The third-order valence-electron chi connectivity index (χ3n) is 4.60. The molecule has 0 saturated heterocycles. The highest BCUT2D eigenvalue weighted by Gasteiger charge is 2.08. The van der Waals surface area contributed by atoms with Crippen LogP contribution in [0.15, 0.2) is 84.9 Å². The summed E-state index contributed by atoms with van der Waals surface area (Å²) in [5.41, 5.74) is 5.18. The van der Waals surface area contributed by atoms with Crippen LogP contribution in [0, 0.1) is 0 Å². The van der Waals surface area contributed by atoms with Crippen molar-refractivity contribution < 1.29 is 4.74 Å². The molecule has 0 heterocycles. The summed E-state index contributed by atoms with van der Waals surface area (Å²) in [5, 5.41) is 0. The zero-order chi connectivity index (χ0) is 18.0. The lowest BCUT2D eigenvalue weighted by Crippen LogP contribution is -1.93. The molecular weight excluding hydrogens is 316 g/mol. The maximum atomic E-state index is 5.60. The fraction of sp³-hybridized carbons (Fsp3) is 0.200. The van der Waals surface area contributed by atoms with Crippen LogP contribution >= 0.6 is 0 Å². The van der Waals surface area contributed by atoms with Gasteiger partial charge in [0.1, 0.15) is 5.75 Å². The molecule has 0 unspecified atom stereocenters. The summed E-state index contributed by atoms with van der Waals surface area (Å²) in [6.07, 6.45) is 6.81. The lowest BCUT2D eigenvalue weighted by molar-refractivity contribution is 0.413. The van der Waals surface area contributed by atoms with Crippen molar-refractivity contribution in [1.29, 1.82) is 0 Å². The summed E-state index contributed by atoms with van der Waals surface area (Å²) in [6.45, 7) is 0. The van der Waals surface area contributed by atoms with Crippen molar-refractivity contribution in [2.24, 2.45) is 0 Å². The van der Waals surface area contributed by atoms with Crippen LogP contribution in [-0.4, -0.2) is 7.11 Å². The largest absolute Gasteiger partial charge is 0.496 e. The number of aryl methyl sites for hydroxylation is 1. The Labute approximate surface area is 157 Å². The van der Waals surface area contributed by atoms with E-state index in [-0.39, 0.29) is 0 Å². The molecule has 1 nitrogen and oxygen atoms in total. The average molecular weight is 342 g/mol. The van der Waals surface area contributed by atoms with Crippen molar-refractivity contribution in [2.45, 2.75) is 25.7 Å². The molecule has 0 aliphatic heterocycles. The Morgan fingerprint density at radius 3 is 2.15 bits per heavy atom. The van der Waals surface area contributed by atoms with Crippen LogP contribution < -0.4 is 4.74 Å². The van der Waals surface area contributed by atoms with E-state index in [9.17, 15) is 0 Å². The number of methoxy groups -OCH3 is 1. The third kappa shape index (κ3) is 5.10. The van der Waals surface area contributed by atoms with Gasteiger partial charge in [0.05, 0.1) is 7.11 Å². The maximum Gasteiger partial charge on any atom is 0.126 e. The molecule has 0 radical (unpaired) electrons. The highest BCUT2D eigenvalue weighted by atomic mass is 16.5. The summed E-state index contributed by atoms with van der Waals surface area (Å²) >= 11 is 0. The molecule has 0 N–H and O–H groups in total. The van der Waals surface area contributed by atoms with E-state index in [4.69, 9.17) is 4.74 Å². The van der Waals surface area contributed by atoms with Gasteiger partial charge >= 0.3 is 0 Å². The minimum absolute atomic E-state index is 0.942. The van der Waals surface area contributed by atoms with Gasteiger partial charge in [0, 0.05) is 5.56 Å². The Kier molecular flexibility index (Phi) is 6.66. The number of benzene rings is 3. The second kappa shape index (κ2) is 9.62. The normalized spacial score (nSPS) is 11.3. The zero-order valence-corrected chi connectivity index (χ0v) is 15.4. The Bertz CT molecular complexity index is 819. The smallest absolute Gasteiger partial charge is 0.126 e. The van der Waals surface area contributed by atoms with E-state index in [1.807, 2.05) is 12.1 Å². The van der Waals surface area contributed by atoms with Crippen molar-refractivity contribution >= 4 is 11.6 Å². The standard InChI is InChI=1S/C25H26O/c1-26-25-19-11-10-18-24(25)23(20-22-15-6-3-7-16-22)17-9-8-14-21-12-4-2-5-13-21/h2-7,10-13,15-16,18-20H,8-9,14,17H2,1H3/b23-20+. The van der Waals surface area contributed by atoms with Gasteiger partial charge in [0.15, 0.2) is 0 Å². The molecule has 0 spiro atoms. The number of hydrogen-bond acceptors (Lipinski definition) is 1. The van der Waals surface area contributed by atoms with Crippen molar-refractivity contribution in [3.63, 3.8) is 0 Å². The lowest BCUT2D eigenvalue weighted by atomic mass is 9.95. The van der Waals surface area contributed by atoms with Crippen LogP contribution in [0.2, 0.25) is 0 Å². The van der Waals surface area contributed by atoms with Gasteiger partial charge in [-0.3, -0.25) is 0 Å². The average Bonchev–Trinajstić information content (AvgIpc) is 2.72. The van der Waals surface area contributed by atoms with Crippen molar-refractivity contribution in [3.05, 3.63) is 102 Å². The van der Waals surface area contributed by atoms with E-state index >= 15 is 0 Å². The van der Waals surface area contributed by atoms with E-state index in [1.165, 1.54) is 28.7 Å². The molecule has 0 aliphatic carbocycles. The van der Waals surface area contributed by atoms with Crippen molar-refractivity contribution in [2.75, 3.05) is 7.11 Å². The number of allylic oxidation sites excluding steroid dienone is 1. The number of unbranched alkanes of at least 4 members (excludes halogenated alkanes) is 1. The van der Waals surface area contributed by atoms with E-state index < -0.39 is 0 Å². The minimum atomic E-state index is 0.942. The molecule has 0 fully saturated rings. The number of rotatable bonds is 8. The first kappa shape index (κ1) is 18.0. The Morgan fingerprint density at radius 2 is 1.42 bits per heavy atom. The summed E-state index contributed by atoms with van der Waals surface area (Å²) in [4.78, 5) is 0. The van der Waals surface area contributed by atoms with Crippen LogP contribution in [0.5, 0.6) is 5.75 Å². The highest BCUT2D eigenvalue weighted by molar-refractivity contribution is 5.83. The molecule has 3 aromatic rings. The van der Waals surface area contributed by atoms with Crippen LogP contribution in [-0.2, 0) is 6.42 Å². The molecule has 0 bridgehead atoms. The lowest BCUT2D eigenvalue weighted by Gasteiger charge is -2.13. The van der Waals surface area contributed by atoms with E-state index in [0.717, 1.165) is 25.0 Å². The van der Waals surface area contributed by atoms with Crippen molar-refractivity contribution in [3.8, 4) is 5.75 Å². The van der Waals surface area contributed by atoms with Gasteiger partial charge in [-0.2, -0.15) is 0 Å². The fourth-order valence-corrected chi connectivity index (χ4v) is 3.23. The van der Waals surface area contributed by atoms with Gasteiger partial charge in [-0.05, 0) is 48.4 Å². The predicted molar refractivity (Wildman–Crippen MR) is 111 cm³/mol. The third-order valence-corrected chi connectivity index (χ3v) is 4.60. The van der Waals surface area contributed by atoms with E-state index in [0.29, 0.717) is 0 Å². The fourth-order valence-electron chi connectivity index (χ4n) is 3.23. The van der Waals surface area contributed by atoms with Gasteiger partial charge in [-0.15, -0.1) is 0 Å². The molecule has 26 heavy (non-hydrogen) atoms. The molecule has 3 aromatic carbocycles. The molecule has 132 valence electrons. The van der Waals surface area contributed by atoms with Crippen molar-refractivity contribution in [1.82, 2.24) is 0 Å².